The Morgan fingerprint density at radius 1 is 1.50 bits per heavy atom. The van der Waals surface area contributed by atoms with E-state index in [0.29, 0.717) is 16.7 Å². The zero-order chi connectivity index (χ0) is 11.7. The predicted molar refractivity (Wildman–Crippen MR) is 63.5 cm³/mol. The Balaban J connectivity index is 3.02. The minimum Gasteiger partial charge on any atom is -0.496 e. The van der Waals surface area contributed by atoms with E-state index in [-0.39, 0.29) is 11.0 Å². The molecule has 1 aromatic heterocycles. The Morgan fingerprint density at radius 3 is 2.88 bits per heavy atom. The van der Waals surface area contributed by atoms with Gasteiger partial charge >= 0.3 is 0 Å². The summed E-state index contributed by atoms with van der Waals surface area (Å²) in [7, 11) is 1.49. The lowest BCUT2D eigenvalue weighted by molar-refractivity contribution is 0.419. The molecule has 0 radical (unpaired) electrons. The quantitative estimate of drug-likeness (QED) is 0.870. The third-order valence-corrected chi connectivity index (χ3v) is 2.95. The molecule has 0 saturated carbocycles. The van der Waals surface area contributed by atoms with Crippen LogP contribution in [0.1, 0.15) is 5.56 Å². The number of ether oxygens (including phenoxy) is 1. The van der Waals surface area contributed by atoms with Gasteiger partial charge in [0.25, 0.3) is 0 Å². The monoisotopic (exact) mass is 278 g/mol. The maximum atomic E-state index is 11.9. The van der Waals surface area contributed by atoms with Crippen LogP contribution in [0.3, 0.4) is 0 Å². The van der Waals surface area contributed by atoms with Gasteiger partial charge in [0.15, 0.2) is 0 Å². The maximum absolute atomic E-state index is 11.9. The van der Waals surface area contributed by atoms with Gasteiger partial charge in [0.05, 0.1) is 18.0 Å². The van der Waals surface area contributed by atoms with Gasteiger partial charge < -0.3 is 9.72 Å². The molecule has 0 bridgehead atoms. The van der Waals surface area contributed by atoms with Gasteiger partial charge in [-0.1, -0.05) is 0 Å². The Morgan fingerprint density at radius 2 is 2.25 bits per heavy atom. The Labute approximate surface area is 99.6 Å². The van der Waals surface area contributed by atoms with Crippen molar-refractivity contribution in [3.8, 4) is 11.8 Å². The van der Waals surface area contributed by atoms with Crippen LogP contribution in [0, 0.1) is 11.3 Å². The van der Waals surface area contributed by atoms with Crippen LogP contribution in [0.4, 0.5) is 0 Å². The minimum atomic E-state index is -0.325. The summed E-state index contributed by atoms with van der Waals surface area (Å²) in [6, 6.07) is 5.31. The number of halogens is 1. The van der Waals surface area contributed by atoms with Crippen molar-refractivity contribution >= 4 is 26.8 Å². The van der Waals surface area contributed by atoms with Crippen molar-refractivity contribution < 1.29 is 4.74 Å². The second-order valence-electron chi connectivity index (χ2n) is 3.14. The number of hydrogen-bond donors (Lipinski definition) is 1. The second-order valence-corrected chi connectivity index (χ2v) is 4.00. The average Bonchev–Trinajstić information content (AvgIpc) is 2.31. The number of nitrogens with one attached hydrogen (secondary N) is 1. The van der Waals surface area contributed by atoms with Crippen LogP contribution in [-0.4, -0.2) is 12.1 Å². The first-order valence-corrected chi connectivity index (χ1v) is 5.26. The van der Waals surface area contributed by atoms with E-state index in [1.165, 1.54) is 13.3 Å². The van der Waals surface area contributed by atoms with Gasteiger partial charge in [-0.25, -0.2) is 0 Å². The summed E-state index contributed by atoms with van der Waals surface area (Å²) in [5, 5.41) is 9.17. The fraction of sp³-hybridized carbons (Fsp3) is 0.0909. The smallest absolute Gasteiger partial charge is 0.210 e. The van der Waals surface area contributed by atoms with Crippen molar-refractivity contribution in [3.05, 3.63) is 38.6 Å². The minimum absolute atomic E-state index is 0.0731. The van der Waals surface area contributed by atoms with E-state index in [1.807, 2.05) is 6.07 Å². The summed E-state index contributed by atoms with van der Waals surface area (Å²) in [6.45, 7) is 0. The van der Waals surface area contributed by atoms with E-state index in [0.717, 1.165) is 4.47 Å². The van der Waals surface area contributed by atoms with Crippen molar-refractivity contribution in [1.82, 2.24) is 4.98 Å². The van der Waals surface area contributed by atoms with Crippen LogP contribution < -0.4 is 10.2 Å². The molecule has 1 heterocycles. The second kappa shape index (κ2) is 3.99. The molecule has 2 aromatic rings. The molecular formula is C11H7BrN2O2. The van der Waals surface area contributed by atoms with Crippen LogP contribution in [-0.2, 0) is 0 Å². The molecule has 0 unspecified atom stereocenters. The van der Waals surface area contributed by atoms with E-state index < -0.39 is 0 Å². The highest BCUT2D eigenvalue weighted by Gasteiger charge is 2.11. The molecule has 0 aliphatic carbocycles. The third kappa shape index (κ3) is 1.48. The number of hydrogen-bond acceptors (Lipinski definition) is 3. The molecule has 0 spiro atoms. The molecule has 0 aliphatic rings. The summed E-state index contributed by atoms with van der Waals surface area (Å²) in [5.41, 5.74) is 0.377. The average molecular weight is 279 g/mol. The van der Waals surface area contributed by atoms with Crippen molar-refractivity contribution in [2.75, 3.05) is 7.11 Å². The van der Waals surface area contributed by atoms with Gasteiger partial charge in [0.2, 0.25) is 5.43 Å². The number of aromatic nitrogens is 1. The first-order chi connectivity index (χ1) is 7.69. The molecular weight excluding hydrogens is 272 g/mol. The zero-order valence-electron chi connectivity index (χ0n) is 8.37. The van der Waals surface area contributed by atoms with E-state index >= 15 is 0 Å². The number of nitriles is 1. The SMILES string of the molecule is COc1ccc(Br)c2[nH]cc(C#N)c(=O)c12. The molecule has 0 fully saturated rings. The zero-order valence-corrected chi connectivity index (χ0v) is 9.96. The van der Waals surface area contributed by atoms with Gasteiger partial charge in [0.1, 0.15) is 17.4 Å². The normalized spacial score (nSPS) is 10.1. The van der Waals surface area contributed by atoms with E-state index in [2.05, 4.69) is 20.9 Å². The molecule has 1 aromatic carbocycles. The molecule has 2 rings (SSSR count). The molecule has 5 heteroatoms. The highest BCUT2D eigenvalue weighted by Crippen LogP contribution is 2.27. The number of benzene rings is 1. The van der Waals surface area contributed by atoms with Crippen LogP contribution in [0.2, 0.25) is 0 Å². The Bertz CT molecular complexity index is 655. The van der Waals surface area contributed by atoms with Gasteiger partial charge in [-0.3, -0.25) is 4.79 Å². The molecule has 80 valence electrons. The Hall–Kier alpha value is -1.80. The number of fused-ring (bicyclic) bond motifs is 1. The number of methoxy groups -OCH3 is 1. The molecule has 1 N–H and O–H groups in total. The van der Waals surface area contributed by atoms with Crippen LogP contribution in [0.25, 0.3) is 10.9 Å². The lowest BCUT2D eigenvalue weighted by Crippen LogP contribution is -2.08. The first kappa shape index (κ1) is 10.7. The summed E-state index contributed by atoms with van der Waals surface area (Å²) < 4.78 is 5.87. The summed E-state index contributed by atoms with van der Waals surface area (Å²) in [5.74, 6) is 0.455. The standard InChI is InChI=1S/C11H7BrN2O2/c1-16-8-3-2-7(12)10-9(8)11(15)6(4-13)5-14-10/h2-3,5H,1H3,(H,14,15). The number of rotatable bonds is 1. The molecule has 0 aliphatic heterocycles. The van der Waals surface area contributed by atoms with Crippen molar-refractivity contribution in [2.24, 2.45) is 0 Å². The van der Waals surface area contributed by atoms with Crippen molar-refractivity contribution in [2.45, 2.75) is 0 Å². The Kier molecular flexibility index (Phi) is 2.67. The highest BCUT2D eigenvalue weighted by molar-refractivity contribution is 9.10. The number of aromatic amines is 1. The van der Waals surface area contributed by atoms with E-state index in [9.17, 15) is 4.79 Å². The van der Waals surface area contributed by atoms with E-state index in [1.54, 1.807) is 12.1 Å². The maximum Gasteiger partial charge on any atom is 0.210 e. The molecule has 16 heavy (non-hydrogen) atoms. The topological polar surface area (TPSA) is 65.9 Å². The van der Waals surface area contributed by atoms with Crippen LogP contribution in [0.15, 0.2) is 27.6 Å². The number of pyridine rings is 1. The van der Waals surface area contributed by atoms with Crippen LogP contribution >= 0.6 is 15.9 Å². The summed E-state index contributed by atoms with van der Waals surface area (Å²) >= 11 is 3.33. The highest BCUT2D eigenvalue weighted by atomic mass is 79.9. The number of H-pyrrole nitrogens is 1. The first-order valence-electron chi connectivity index (χ1n) is 4.47. The predicted octanol–water partition coefficient (Wildman–Crippen LogP) is 2.17. The van der Waals surface area contributed by atoms with Crippen LogP contribution in [0.5, 0.6) is 5.75 Å². The molecule has 4 nitrogen and oxygen atoms in total. The summed E-state index contributed by atoms with van der Waals surface area (Å²) in [6.07, 6.45) is 1.40. The molecule has 0 amide bonds. The van der Waals surface area contributed by atoms with Crippen molar-refractivity contribution in [1.29, 1.82) is 5.26 Å². The molecule has 0 atom stereocenters. The van der Waals surface area contributed by atoms with Gasteiger partial charge in [0, 0.05) is 10.7 Å². The van der Waals surface area contributed by atoms with Gasteiger partial charge in [-0.2, -0.15) is 5.26 Å². The fourth-order valence-electron chi connectivity index (χ4n) is 1.52. The lowest BCUT2D eigenvalue weighted by Gasteiger charge is -2.06. The third-order valence-electron chi connectivity index (χ3n) is 2.29. The van der Waals surface area contributed by atoms with Gasteiger partial charge in [-0.15, -0.1) is 0 Å². The largest absolute Gasteiger partial charge is 0.496 e. The lowest BCUT2D eigenvalue weighted by atomic mass is 10.1. The molecule has 0 saturated heterocycles. The summed E-state index contributed by atoms with van der Waals surface area (Å²) in [4.78, 5) is 14.9. The number of nitrogens with zero attached hydrogens (tertiary/aromatic N) is 1. The van der Waals surface area contributed by atoms with Crippen molar-refractivity contribution in [3.63, 3.8) is 0 Å². The fourth-order valence-corrected chi connectivity index (χ4v) is 1.97. The van der Waals surface area contributed by atoms with Gasteiger partial charge in [-0.05, 0) is 28.1 Å². The van der Waals surface area contributed by atoms with E-state index in [4.69, 9.17) is 10.00 Å².